The number of hydrogen-bond donors (Lipinski definition) is 1. The quantitative estimate of drug-likeness (QED) is 0.661. The zero-order valence-electron chi connectivity index (χ0n) is 6.87. The molecule has 12 heavy (non-hydrogen) atoms. The Labute approximate surface area is 71.8 Å². The number of hydrogen-bond acceptors (Lipinski definition) is 2. The van der Waals surface area contributed by atoms with E-state index in [1.807, 2.05) is 0 Å². The van der Waals surface area contributed by atoms with E-state index in [2.05, 4.69) is 5.92 Å². The molecule has 1 aromatic rings. The second-order valence-corrected chi connectivity index (χ2v) is 2.33. The maximum Gasteiger partial charge on any atom is 0.120 e. The first-order chi connectivity index (χ1) is 5.81. The number of benzene rings is 1. The largest absolute Gasteiger partial charge is 0.497 e. The van der Waals surface area contributed by atoms with Gasteiger partial charge in [-0.15, -0.1) is 6.42 Å². The van der Waals surface area contributed by atoms with Gasteiger partial charge in [0.05, 0.1) is 13.7 Å². The van der Waals surface area contributed by atoms with E-state index < -0.39 is 0 Å². The lowest BCUT2D eigenvalue weighted by atomic mass is 10.1. The highest BCUT2D eigenvalue weighted by atomic mass is 16.5. The summed E-state index contributed by atoms with van der Waals surface area (Å²) in [6, 6.07) is 5.26. The van der Waals surface area contributed by atoms with Gasteiger partial charge in [0, 0.05) is 5.56 Å². The molecule has 1 aromatic carbocycles. The standard InChI is InChI=1S/C10H10O2/c1-3-8-6-10(12-2)5-4-9(8)7-11/h1,4-6,11H,7H2,2H3. The fourth-order valence-electron chi connectivity index (χ4n) is 0.955. The summed E-state index contributed by atoms with van der Waals surface area (Å²) in [4.78, 5) is 0. The molecule has 0 amide bonds. The van der Waals surface area contributed by atoms with E-state index in [1.54, 1.807) is 25.3 Å². The summed E-state index contributed by atoms with van der Waals surface area (Å²) in [6.07, 6.45) is 5.23. The molecular formula is C10H10O2. The van der Waals surface area contributed by atoms with Crippen molar-refractivity contribution in [2.45, 2.75) is 6.61 Å². The molecule has 0 atom stereocenters. The number of terminal acetylenes is 1. The maximum atomic E-state index is 8.88. The highest BCUT2D eigenvalue weighted by Gasteiger charge is 1.99. The Bertz CT molecular complexity index is 310. The van der Waals surface area contributed by atoms with Gasteiger partial charge in [-0.3, -0.25) is 0 Å². The van der Waals surface area contributed by atoms with Crippen LogP contribution in [0.2, 0.25) is 0 Å². The van der Waals surface area contributed by atoms with E-state index in [-0.39, 0.29) is 6.61 Å². The molecule has 0 spiro atoms. The van der Waals surface area contributed by atoms with Crippen LogP contribution in [-0.2, 0) is 6.61 Å². The molecule has 0 aliphatic rings. The van der Waals surface area contributed by atoms with E-state index in [0.717, 1.165) is 5.56 Å². The van der Waals surface area contributed by atoms with E-state index >= 15 is 0 Å². The van der Waals surface area contributed by atoms with Crippen LogP contribution >= 0.6 is 0 Å². The molecule has 62 valence electrons. The van der Waals surface area contributed by atoms with Crippen LogP contribution in [0.1, 0.15) is 11.1 Å². The van der Waals surface area contributed by atoms with Gasteiger partial charge in [-0.2, -0.15) is 0 Å². The minimum atomic E-state index is -0.0382. The Hall–Kier alpha value is -1.46. The predicted molar refractivity (Wildman–Crippen MR) is 46.9 cm³/mol. The van der Waals surface area contributed by atoms with Gasteiger partial charge in [0.25, 0.3) is 0 Å². The van der Waals surface area contributed by atoms with Gasteiger partial charge in [-0.25, -0.2) is 0 Å². The minimum Gasteiger partial charge on any atom is -0.497 e. The Morgan fingerprint density at radius 1 is 1.58 bits per heavy atom. The Balaban J connectivity index is 3.13. The highest BCUT2D eigenvalue weighted by molar-refractivity contribution is 5.44. The molecule has 0 radical (unpaired) electrons. The van der Waals surface area contributed by atoms with Crippen molar-refractivity contribution in [1.29, 1.82) is 0 Å². The topological polar surface area (TPSA) is 29.5 Å². The van der Waals surface area contributed by atoms with Crippen molar-refractivity contribution in [1.82, 2.24) is 0 Å². The van der Waals surface area contributed by atoms with Crippen LogP contribution in [0.3, 0.4) is 0 Å². The first-order valence-corrected chi connectivity index (χ1v) is 3.56. The summed E-state index contributed by atoms with van der Waals surface area (Å²) < 4.78 is 4.98. The van der Waals surface area contributed by atoms with Crippen molar-refractivity contribution >= 4 is 0 Å². The third kappa shape index (κ3) is 1.58. The van der Waals surface area contributed by atoms with Crippen molar-refractivity contribution in [2.75, 3.05) is 7.11 Å². The van der Waals surface area contributed by atoms with Gasteiger partial charge < -0.3 is 9.84 Å². The van der Waals surface area contributed by atoms with E-state index in [4.69, 9.17) is 16.3 Å². The summed E-state index contributed by atoms with van der Waals surface area (Å²) in [7, 11) is 1.58. The lowest BCUT2D eigenvalue weighted by molar-refractivity contribution is 0.281. The number of methoxy groups -OCH3 is 1. The second-order valence-electron chi connectivity index (χ2n) is 2.33. The van der Waals surface area contributed by atoms with Gasteiger partial charge in [0.1, 0.15) is 5.75 Å². The highest BCUT2D eigenvalue weighted by Crippen LogP contribution is 2.16. The van der Waals surface area contributed by atoms with Crippen LogP contribution < -0.4 is 4.74 Å². The van der Waals surface area contributed by atoms with Crippen LogP contribution in [0.15, 0.2) is 18.2 Å². The predicted octanol–water partition coefficient (Wildman–Crippen LogP) is 1.17. The van der Waals surface area contributed by atoms with Crippen molar-refractivity contribution in [3.05, 3.63) is 29.3 Å². The van der Waals surface area contributed by atoms with E-state index in [9.17, 15) is 0 Å². The summed E-state index contributed by atoms with van der Waals surface area (Å²) in [5.74, 6) is 3.19. The maximum absolute atomic E-state index is 8.88. The zero-order valence-corrected chi connectivity index (χ0v) is 6.87. The molecule has 0 saturated carbocycles. The number of ether oxygens (including phenoxy) is 1. The molecular weight excluding hydrogens is 152 g/mol. The molecule has 0 heterocycles. The van der Waals surface area contributed by atoms with Crippen LogP contribution in [0.5, 0.6) is 5.75 Å². The second kappa shape index (κ2) is 3.80. The monoisotopic (exact) mass is 162 g/mol. The third-order valence-electron chi connectivity index (χ3n) is 1.64. The molecule has 0 aliphatic carbocycles. The van der Waals surface area contributed by atoms with Crippen molar-refractivity contribution in [3.8, 4) is 18.1 Å². The third-order valence-corrected chi connectivity index (χ3v) is 1.64. The summed E-state index contributed by atoms with van der Waals surface area (Å²) in [6.45, 7) is -0.0382. The number of aliphatic hydroxyl groups is 1. The van der Waals surface area contributed by atoms with Crippen molar-refractivity contribution in [3.63, 3.8) is 0 Å². The molecule has 1 rings (SSSR count). The minimum absolute atomic E-state index is 0.0382. The fraction of sp³-hybridized carbons (Fsp3) is 0.200. The molecule has 2 nitrogen and oxygen atoms in total. The SMILES string of the molecule is C#Cc1cc(OC)ccc1CO. The molecule has 0 fully saturated rings. The molecule has 2 heteroatoms. The van der Waals surface area contributed by atoms with Crippen LogP contribution in [0.25, 0.3) is 0 Å². The Kier molecular flexibility index (Phi) is 2.73. The summed E-state index contributed by atoms with van der Waals surface area (Å²) >= 11 is 0. The number of aliphatic hydroxyl groups excluding tert-OH is 1. The molecule has 0 aliphatic heterocycles. The number of rotatable bonds is 2. The summed E-state index contributed by atoms with van der Waals surface area (Å²) in [5.41, 5.74) is 1.43. The zero-order chi connectivity index (χ0) is 8.97. The van der Waals surface area contributed by atoms with Crippen LogP contribution in [0, 0.1) is 12.3 Å². The van der Waals surface area contributed by atoms with Gasteiger partial charge in [-0.05, 0) is 17.7 Å². The normalized spacial score (nSPS) is 9.08. The molecule has 0 aromatic heterocycles. The molecule has 0 saturated heterocycles. The van der Waals surface area contributed by atoms with Crippen LogP contribution in [0.4, 0.5) is 0 Å². The average molecular weight is 162 g/mol. The average Bonchev–Trinajstić information content (AvgIpc) is 2.16. The van der Waals surface area contributed by atoms with Crippen LogP contribution in [-0.4, -0.2) is 12.2 Å². The smallest absolute Gasteiger partial charge is 0.120 e. The molecule has 1 N–H and O–H groups in total. The van der Waals surface area contributed by atoms with Gasteiger partial charge in [-0.1, -0.05) is 12.0 Å². The Morgan fingerprint density at radius 3 is 2.83 bits per heavy atom. The first kappa shape index (κ1) is 8.63. The summed E-state index contributed by atoms with van der Waals surface area (Å²) in [5, 5.41) is 8.88. The van der Waals surface area contributed by atoms with Gasteiger partial charge in [0.2, 0.25) is 0 Å². The molecule has 0 unspecified atom stereocenters. The van der Waals surface area contributed by atoms with Crippen molar-refractivity contribution in [2.24, 2.45) is 0 Å². The van der Waals surface area contributed by atoms with Gasteiger partial charge >= 0.3 is 0 Å². The van der Waals surface area contributed by atoms with E-state index in [0.29, 0.717) is 11.3 Å². The fourth-order valence-corrected chi connectivity index (χ4v) is 0.955. The first-order valence-electron chi connectivity index (χ1n) is 3.56. The lowest BCUT2D eigenvalue weighted by Crippen LogP contribution is -1.91. The van der Waals surface area contributed by atoms with E-state index in [1.165, 1.54) is 0 Å². The van der Waals surface area contributed by atoms with Crippen molar-refractivity contribution < 1.29 is 9.84 Å². The lowest BCUT2D eigenvalue weighted by Gasteiger charge is -2.03. The van der Waals surface area contributed by atoms with Gasteiger partial charge in [0.15, 0.2) is 0 Å². The molecule has 0 bridgehead atoms. The Morgan fingerprint density at radius 2 is 2.33 bits per heavy atom.